The average molecular weight is 613 g/mol. The summed E-state index contributed by atoms with van der Waals surface area (Å²) in [5, 5.41) is 24.3. The lowest BCUT2D eigenvalue weighted by Gasteiger charge is -2.31. The molecule has 0 radical (unpaired) electrons. The highest BCUT2D eigenvalue weighted by Gasteiger charge is 2.57. The van der Waals surface area contributed by atoms with E-state index in [1.165, 1.54) is 4.90 Å². The fourth-order valence-corrected chi connectivity index (χ4v) is 7.29. The van der Waals surface area contributed by atoms with E-state index in [0.29, 0.717) is 31.6 Å². The van der Waals surface area contributed by atoms with Crippen molar-refractivity contribution >= 4 is 40.5 Å². The predicted molar refractivity (Wildman–Crippen MR) is 179 cm³/mol. The van der Waals surface area contributed by atoms with E-state index in [4.69, 9.17) is 4.74 Å². The molecule has 7 nitrogen and oxygen atoms in total. The number of imide groups is 1. The molecule has 2 saturated heterocycles. The molecule has 2 aliphatic heterocycles. The topological polar surface area (TPSA) is 99.1 Å². The lowest BCUT2D eigenvalue weighted by molar-refractivity contribution is -0.122. The molecule has 2 heterocycles. The lowest BCUT2D eigenvalue weighted by atomic mass is 9.69. The van der Waals surface area contributed by atoms with Gasteiger partial charge in [-0.3, -0.25) is 14.5 Å². The maximum absolute atomic E-state index is 14.0. The van der Waals surface area contributed by atoms with Crippen LogP contribution in [0.5, 0.6) is 5.75 Å². The van der Waals surface area contributed by atoms with Crippen molar-refractivity contribution in [1.82, 2.24) is 0 Å². The number of rotatable bonds is 9. The van der Waals surface area contributed by atoms with Gasteiger partial charge in [0.15, 0.2) is 0 Å². The summed E-state index contributed by atoms with van der Waals surface area (Å²) in [4.78, 5) is 29.0. The smallest absolute Gasteiger partial charge is 0.238 e. The minimum Gasteiger partial charge on any atom is -0.507 e. The number of hydrogen-bond donors (Lipinski definition) is 3. The van der Waals surface area contributed by atoms with Crippen molar-refractivity contribution < 1.29 is 24.5 Å². The normalized spacial score (nSPS) is 22.6. The fourth-order valence-electron chi connectivity index (χ4n) is 7.29. The van der Waals surface area contributed by atoms with Gasteiger partial charge in [0.1, 0.15) is 5.75 Å². The molecule has 4 aromatic carbocycles. The second kappa shape index (κ2) is 12.8. The molecule has 7 rings (SSSR count). The first kappa shape index (κ1) is 29.7. The van der Waals surface area contributed by atoms with Crippen LogP contribution >= 0.6 is 0 Å². The zero-order chi connectivity index (χ0) is 31.6. The third-order valence-electron chi connectivity index (χ3n) is 9.47. The molecular weight excluding hydrogens is 576 g/mol. The molecular formula is C39H36N2O5. The van der Waals surface area contributed by atoms with Crippen LogP contribution in [0.4, 0.5) is 17.1 Å². The Morgan fingerprint density at radius 1 is 0.826 bits per heavy atom. The molecule has 4 atom stereocenters. The van der Waals surface area contributed by atoms with Crippen molar-refractivity contribution in [2.75, 3.05) is 23.4 Å². The van der Waals surface area contributed by atoms with Crippen molar-refractivity contribution in [1.29, 1.82) is 0 Å². The highest BCUT2D eigenvalue weighted by atomic mass is 16.5. The summed E-state index contributed by atoms with van der Waals surface area (Å²) in [7, 11) is 0. The van der Waals surface area contributed by atoms with Crippen LogP contribution in [0.15, 0.2) is 120 Å². The molecule has 2 fully saturated rings. The molecule has 0 aromatic heterocycles. The number of benzene rings is 4. The number of nitrogens with one attached hydrogen (secondary N) is 1. The van der Waals surface area contributed by atoms with Gasteiger partial charge >= 0.3 is 0 Å². The molecule has 2 amide bonds. The monoisotopic (exact) mass is 612 g/mol. The first-order valence-corrected chi connectivity index (χ1v) is 15.8. The molecule has 3 N–H and O–H groups in total. The van der Waals surface area contributed by atoms with Crippen LogP contribution in [0.25, 0.3) is 11.6 Å². The van der Waals surface area contributed by atoms with Crippen LogP contribution in [-0.2, 0) is 14.3 Å². The minimum absolute atomic E-state index is 0.171. The number of aromatic hydroxyl groups is 1. The Hall–Kier alpha value is -4.98. The number of aliphatic hydroxyl groups is 1. The Morgan fingerprint density at radius 2 is 1.50 bits per heavy atom. The number of allylic oxidation sites excluding steroid dienone is 1. The van der Waals surface area contributed by atoms with Crippen molar-refractivity contribution in [2.45, 2.75) is 25.4 Å². The SMILES string of the molecule is O=C1[C@@H]2[C@@H](CC(CO)=C3[C@@H](CC/C(=C/c4ccccc4O)c4ccccc4)OC[C@@H]32)C(=O)N1c1ccc(Nc2ccccc2)cc1. The molecule has 7 heteroatoms. The Labute approximate surface area is 268 Å². The maximum atomic E-state index is 14.0. The highest BCUT2D eigenvalue weighted by molar-refractivity contribution is 6.22. The van der Waals surface area contributed by atoms with E-state index >= 15 is 0 Å². The van der Waals surface area contributed by atoms with Crippen molar-refractivity contribution in [3.8, 4) is 5.75 Å². The van der Waals surface area contributed by atoms with E-state index in [2.05, 4.69) is 17.4 Å². The number of anilines is 3. The highest BCUT2D eigenvalue weighted by Crippen LogP contribution is 2.50. The molecule has 3 aliphatic rings. The number of amides is 2. The Kier molecular flexibility index (Phi) is 8.26. The van der Waals surface area contributed by atoms with E-state index in [1.54, 1.807) is 24.3 Å². The number of ether oxygens (including phenoxy) is 1. The number of fused-ring (bicyclic) bond motifs is 3. The predicted octanol–water partition coefficient (Wildman–Crippen LogP) is 6.97. The minimum atomic E-state index is -0.520. The summed E-state index contributed by atoms with van der Waals surface area (Å²) in [6, 6.07) is 34.5. The van der Waals surface area contributed by atoms with E-state index in [0.717, 1.165) is 39.2 Å². The second-order valence-corrected chi connectivity index (χ2v) is 12.2. The fraction of sp³-hybridized carbons (Fsp3) is 0.231. The first-order chi connectivity index (χ1) is 22.5. The Balaban J connectivity index is 1.11. The van der Waals surface area contributed by atoms with Gasteiger partial charge in [-0.2, -0.15) is 0 Å². The van der Waals surface area contributed by atoms with Crippen LogP contribution in [-0.4, -0.2) is 41.3 Å². The molecule has 0 bridgehead atoms. The number of phenolic OH excluding ortho intramolecular Hbond substituents is 1. The van der Waals surface area contributed by atoms with E-state index in [9.17, 15) is 19.8 Å². The molecule has 0 spiro atoms. The number of carbonyl (C=O) groups excluding carboxylic acids is 2. The van der Waals surface area contributed by atoms with Crippen LogP contribution < -0.4 is 10.2 Å². The standard InChI is InChI=1S/C39H36N2O5/c42-23-28-22-32-37(39(45)41(38(32)44)31-18-16-30(17-19-31)40-29-12-5-2-6-13-29)33-24-46-35(36(28)33)20-15-26(25-9-3-1-4-10-25)21-27-11-7-8-14-34(27)43/h1-14,16-19,21,32-33,35,37,40,42-43H,15,20,22-24H2/b26-21-/t32-,33+,35-,37-/m1/s1. The van der Waals surface area contributed by atoms with Gasteiger partial charge in [0, 0.05) is 22.9 Å². The molecule has 0 unspecified atom stereocenters. The number of aliphatic hydroxyl groups excluding tert-OH is 1. The maximum Gasteiger partial charge on any atom is 0.238 e. The van der Waals surface area contributed by atoms with Gasteiger partial charge in [-0.15, -0.1) is 0 Å². The molecule has 1 aliphatic carbocycles. The summed E-state index contributed by atoms with van der Waals surface area (Å²) in [6.45, 7) is 0.164. The summed E-state index contributed by atoms with van der Waals surface area (Å²) in [5.41, 5.74) is 6.99. The number of phenols is 1. The van der Waals surface area contributed by atoms with Crippen molar-refractivity contribution in [3.05, 3.63) is 131 Å². The summed E-state index contributed by atoms with van der Waals surface area (Å²) >= 11 is 0. The third kappa shape index (κ3) is 5.64. The average Bonchev–Trinajstić information content (AvgIpc) is 3.62. The van der Waals surface area contributed by atoms with E-state index in [-0.39, 0.29) is 36.2 Å². The Bertz CT molecular complexity index is 1800. The number of hydrogen-bond acceptors (Lipinski definition) is 6. The first-order valence-electron chi connectivity index (χ1n) is 15.8. The quantitative estimate of drug-likeness (QED) is 0.107. The molecule has 4 aromatic rings. The van der Waals surface area contributed by atoms with Crippen LogP contribution in [0, 0.1) is 17.8 Å². The van der Waals surface area contributed by atoms with E-state index in [1.807, 2.05) is 78.9 Å². The lowest BCUT2D eigenvalue weighted by Crippen LogP contribution is -2.35. The zero-order valence-corrected chi connectivity index (χ0v) is 25.4. The summed E-state index contributed by atoms with van der Waals surface area (Å²) < 4.78 is 6.36. The van der Waals surface area contributed by atoms with Crippen LogP contribution in [0.2, 0.25) is 0 Å². The van der Waals surface area contributed by atoms with E-state index < -0.39 is 11.8 Å². The van der Waals surface area contributed by atoms with Gasteiger partial charge < -0.3 is 20.3 Å². The van der Waals surface area contributed by atoms with Gasteiger partial charge in [-0.05, 0) is 90.1 Å². The van der Waals surface area contributed by atoms with Crippen LogP contribution in [0.1, 0.15) is 30.4 Å². The zero-order valence-electron chi connectivity index (χ0n) is 25.4. The molecule has 0 saturated carbocycles. The molecule has 232 valence electrons. The molecule has 46 heavy (non-hydrogen) atoms. The van der Waals surface area contributed by atoms with Gasteiger partial charge in [-0.1, -0.05) is 66.7 Å². The second-order valence-electron chi connectivity index (χ2n) is 12.2. The summed E-state index contributed by atoms with van der Waals surface area (Å²) in [6.07, 6.45) is 3.38. The summed E-state index contributed by atoms with van der Waals surface area (Å²) in [5.74, 6) is -1.50. The Morgan fingerprint density at radius 3 is 2.22 bits per heavy atom. The number of para-hydroxylation sites is 2. The van der Waals surface area contributed by atoms with Crippen LogP contribution in [0.3, 0.4) is 0 Å². The van der Waals surface area contributed by atoms with Crippen molar-refractivity contribution in [3.63, 3.8) is 0 Å². The number of carbonyl (C=O) groups is 2. The largest absolute Gasteiger partial charge is 0.507 e. The van der Waals surface area contributed by atoms with Gasteiger partial charge in [0.05, 0.1) is 36.8 Å². The van der Waals surface area contributed by atoms with Gasteiger partial charge in [0.25, 0.3) is 0 Å². The van der Waals surface area contributed by atoms with Gasteiger partial charge in [-0.25, -0.2) is 0 Å². The van der Waals surface area contributed by atoms with Crippen molar-refractivity contribution in [2.24, 2.45) is 17.8 Å². The third-order valence-corrected chi connectivity index (χ3v) is 9.47. The number of nitrogens with zero attached hydrogens (tertiary/aromatic N) is 1. The van der Waals surface area contributed by atoms with Gasteiger partial charge in [0.2, 0.25) is 11.8 Å².